The van der Waals surface area contributed by atoms with E-state index in [9.17, 15) is 14.7 Å². The van der Waals surface area contributed by atoms with Crippen LogP contribution in [0.2, 0.25) is 0 Å². The number of phenols is 1. The third kappa shape index (κ3) is 11.9. The van der Waals surface area contributed by atoms with Gasteiger partial charge in [0.25, 0.3) is 0 Å². The molecule has 0 bridgehead atoms. The second-order valence-corrected chi connectivity index (χ2v) is 15.3. The lowest BCUT2D eigenvalue weighted by molar-refractivity contribution is -0.141. The lowest BCUT2D eigenvalue weighted by atomic mass is 9.77. The summed E-state index contributed by atoms with van der Waals surface area (Å²) in [4.78, 5) is 23.5. The number of carbonyl (C=O) groups excluding carboxylic acids is 2. The Hall–Kier alpha value is -6.32. The summed E-state index contributed by atoms with van der Waals surface area (Å²) >= 11 is 0. The molecule has 2 aromatic heterocycles. The number of benzene rings is 4. The molecule has 8 rings (SSSR count). The molecule has 0 radical (unpaired) electrons. The highest BCUT2D eigenvalue weighted by atomic mass is 16.5. The second-order valence-electron chi connectivity index (χ2n) is 15.3. The molecule has 2 aliphatic rings. The van der Waals surface area contributed by atoms with Crippen LogP contribution in [-0.2, 0) is 58.8 Å². The van der Waals surface area contributed by atoms with Gasteiger partial charge in [-0.3, -0.25) is 9.59 Å². The van der Waals surface area contributed by atoms with E-state index in [1.165, 1.54) is 62.2 Å². The number of carbonyl (C=O) groups is 2. The zero-order chi connectivity index (χ0) is 43.3. The number of hydrogen-bond donors (Lipinski definition) is 3. The maximum Gasteiger partial charge on any atom is 0.488 e. The molecule has 0 saturated heterocycles. The quantitative estimate of drug-likeness (QED) is 0.108. The minimum absolute atomic E-state index is 0.174. The molecule has 3 N–H and O–H groups in total. The van der Waals surface area contributed by atoms with E-state index in [1.807, 2.05) is 61.1 Å². The number of esters is 2. The molecular formula is C46H53BN6O8. The third-order valence-corrected chi connectivity index (χ3v) is 11.1. The Bertz CT molecular complexity index is 2360. The summed E-state index contributed by atoms with van der Waals surface area (Å²) in [6, 6.07) is 26.6. The fourth-order valence-corrected chi connectivity index (χ4v) is 7.73. The summed E-state index contributed by atoms with van der Waals surface area (Å²) in [7, 11) is 5.11. The SMILES string of the molecule is COC(=O)C[C@@H](c1ccc(O)cc1)c1nncn1C.COC(=O)C[C@@H](c1ccc(Oc2ccc3c(c2)CCCC3)cc1)c1nncn1C.OB(O)c1ccc2c(c1)CCCC2. The van der Waals surface area contributed by atoms with E-state index in [0.717, 1.165) is 54.1 Å². The molecule has 0 amide bonds. The average molecular weight is 829 g/mol. The number of rotatable bonds is 11. The number of aromatic hydroxyl groups is 1. The van der Waals surface area contributed by atoms with Gasteiger partial charge in [0.1, 0.15) is 41.6 Å². The highest BCUT2D eigenvalue weighted by Gasteiger charge is 2.25. The summed E-state index contributed by atoms with van der Waals surface area (Å²) in [5.74, 6) is 2.12. The van der Waals surface area contributed by atoms with Gasteiger partial charge in [0.15, 0.2) is 0 Å². The van der Waals surface area contributed by atoms with E-state index in [-0.39, 0.29) is 42.4 Å². The maximum atomic E-state index is 11.9. The number of aromatic nitrogens is 6. The van der Waals surface area contributed by atoms with Crippen molar-refractivity contribution in [1.29, 1.82) is 0 Å². The van der Waals surface area contributed by atoms with Gasteiger partial charge in [0.2, 0.25) is 0 Å². The largest absolute Gasteiger partial charge is 0.508 e. The molecule has 0 spiro atoms. The van der Waals surface area contributed by atoms with E-state index < -0.39 is 7.12 Å². The van der Waals surface area contributed by atoms with Gasteiger partial charge in [0.05, 0.1) is 38.9 Å². The number of aryl methyl sites for hydroxylation is 6. The van der Waals surface area contributed by atoms with Crippen molar-refractivity contribution >= 4 is 24.5 Å². The average Bonchev–Trinajstić information content (AvgIpc) is 3.92. The maximum absolute atomic E-state index is 11.9. The zero-order valence-electron chi connectivity index (χ0n) is 35.1. The topological polar surface area (TPSA) is 184 Å². The van der Waals surface area contributed by atoms with Crippen LogP contribution >= 0.6 is 0 Å². The highest BCUT2D eigenvalue weighted by molar-refractivity contribution is 6.58. The molecule has 0 unspecified atom stereocenters. The van der Waals surface area contributed by atoms with E-state index >= 15 is 0 Å². The van der Waals surface area contributed by atoms with Crippen LogP contribution in [0.1, 0.15) is 95.4 Å². The molecule has 2 aliphatic carbocycles. The van der Waals surface area contributed by atoms with Gasteiger partial charge < -0.3 is 38.5 Å². The van der Waals surface area contributed by atoms with Gasteiger partial charge in [-0.05, 0) is 127 Å². The van der Waals surface area contributed by atoms with Gasteiger partial charge in [-0.2, -0.15) is 0 Å². The number of phenolic OH excluding ortho intramolecular Hbond substituents is 1. The molecule has 6 aromatic rings. The van der Waals surface area contributed by atoms with Gasteiger partial charge in [0, 0.05) is 14.1 Å². The molecule has 2 heterocycles. The molecule has 2 atom stereocenters. The highest BCUT2D eigenvalue weighted by Crippen LogP contribution is 2.32. The molecule has 0 saturated carbocycles. The minimum Gasteiger partial charge on any atom is -0.508 e. The zero-order valence-corrected chi connectivity index (χ0v) is 35.1. The van der Waals surface area contributed by atoms with Crippen LogP contribution in [0.3, 0.4) is 0 Å². The number of nitrogens with zero attached hydrogens (tertiary/aromatic N) is 6. The monoisotopic (exact) mass is 828 g/mol. The van der Waals surface area contributed by atoms with Gasteiger partial charge in [-0.25, -0.2) is 0 Å². The van der Waals surface area contributed by atoms with E-state index in [2.05, 4.69) is 32.5 Å². The molecule has 14 nitrogen and oxygen atoms in total. The minimum atomic E-state index is -1.33. The van der Waals surface area contributed by atoms with Crippen LogP contribution in [-0.4, -0.2) is 78.0 Å². The molecule has 15 heteroatoms. The fourth-order valence-electron chi connectivity index (χ4n) is 7.73. The van der Waals surface area contributed by atoms with Crippen molar-refractivity contribution in [3.8, 4) is 17.2 Å². The standard InChI is InChI=1S/C23H25N3O3.C13H15N3O3.C10H13BO2/c1-26-15-24-25-23(26)21(14-22(27)28-2)17-8-10-19(11-9-17)29-20-12-7-16-5-3-4-6-18(16)13-20;1-16-8-14-15-13(16)11(7-12(18)19-2)9-3-5-10(17)6-4-9;12-11(13)10-6-5-8-3-1-2-4-9(8)7-10/h7-13,15,21H,3-6,14H2,1-2H3;3-6,8,11,17H,7H2,1-2H3;5-7,12-13H,1-4H2/t21-;11-;/m00./s1. The number of hydrogen-bond acceptors (Lipinski definition) is 12. The van der Waals surface area contributed by atoms with Crippen molar-refractivity contribution in [2.75, 3.05) is 14.2 Å². The normalized spacial score (nSPS) is 13.7. The van der Waals surface area contributed by atoms with Crippen LogP contribution in [0.4, 0.5) is 0 Å². The van der Waals surface area contributed by atoms with Gasteiger partial charge in [-0.15, -0.1) is 20.4 Å². The lowest BCUT2D eigenvalue weighted by Gasteiger charge is -2.17. The van der Waals surface area contributed by atoms with Crippen molar-refractivity contribution in [2.45, 2.75) is 76.0 Å². The second kappa shape index (κ2) is 21.3. The Labute approximate surface area is 356 Å². The summed E-state index contributed by atoms with van der Waals surface area (Å²) in [6.45, 7) is 0. The van der Waals surface area contributed by atoms with Crippen LogP contribution in [0, 0.1) is 0 Å². The first-order valence-electron chi connectivity index (χ1n) is 20.5. The first-order valence-corrected chi connectivity index (χ1v) is 20.5. The van der Waals surface area contributed by atoms with E-state index in [1.54, 1.807) is 47.6 Å². The van der Waals surface area contributed by atoms with Crippen LogP contribution < -0.4 is 10.2 Å². The predicted molar refractivity (Wildman–Crippen MR) is 230 cm³/mol. The number of fused-ring (bicyclic) bond motifs is 2. The Morgan fingerprint density at radius 2 is 1.07 bits per heavy atom. The summed E-state index contributed by atoms with van der Waals surface area (Å²) < 4.78 is 19.2. The van der Waals surface area contributed by atoms with E-state index in [0.29, 0.717) is 11.3 Å². The van der Waals surface area contributed by atoms with Crippen molar-refractivity contribution < 1.29 is 39.0 Å². The van der Waals surface area contributed by atoms with E-state index in [4.69, 9.17) is 24.3 Å². The van der Waals surface area contributed by atoms with Gasteiger partial charge >= 0.3 is 19.1 Å². The molecule has 0 aliphatic heterocycles. The molecule has 0 fully saturated rings. The fraction of sp³-hybridized carbons (Fsp3) is 0.348. The molecule has 4 aromatic carbocycles. The molecule has 61 heavy (non-hydrogen) atoms. The first-order chi connectivity index (χ1) is 29.5. The Balaban J connectivity index is 0.000000167. The van der Waals surface area contributed by atoms with Crippen molar-refractivity contribution in [1.82, 2.24) is 29.5 Å². The Morgan fingerprint density at radius 3 is 1.52 bits per heavy atom. The van der Waals surface area contributed by atoms with Crippen LogP contribution in [0.15, 0.2) is 97.6 Å². The Morgan fingerprint density at radius 1 is 0.623 bits per heavy atom. The Kier molecular flexibility index (Phi) is 15.4. The van der Waals surface area contributed by atoms with Crippen LogP contribution in [0.25, 0.3) is 0 Å². The van der Waals surface area contributed by atoms with Crippen LogP contribution in [0.5, 0.6) is 17.2 Å². The predicted octanol–water partition coefficient (Wildman–Crippen LogP) is 5.64. The van der Waals surface area contributed by atoms with Crippen molar-refractivity contribution in [2.24, 2.45) is 14.1 Å². The first kappa shape index (κ1) is 44.2. The lowest BCUT2D eigenvalue weighted by Crippen LogP contribution is -2.30. The van der Waals surface area contributed by atoms with Crippen molar-refractivity contribution in [3.63, 3.8) is 0 Å². The molecule has 318 valence electrons. The summed E-state index contributed by atoms with van der Waals surface area (Å²) in [5, 5.41) is 43.3. The smallest absolute Gasteiger partial charge is 0.488 e. The summed E-state index contributed by atoms with van der Waals surface area (Å²) in [5.41, 5.74) is 7.94. The summed E-state index contributed by atoms with van der Waals surface area (Å²) in [6.07, 6.45) is 13.1. The molecular weight excluding hydrogens is 775 g/mol. The number of ether oxygens (including phenoxy) is 3. The van der Waals surface area contributed by atoms with Crippen molar-refractivity contribution in [3.05, 3.63) is 143 Å². The number of methoxy groups -OCH3 is 2. The van der Waals surface area contributed by atoms with Gasteiger partial charge in [-0.1, -0.05) is 48.5 Å². The third-order valence-electron chi connectivity index (χ3n) is 11.1.